The molecule has 4 rings (SSSR count). The maximum atomic E-state index is 5.42. The molecule has 4 aromatic rings. The fourth-order valence-electron chi connectivity index (χ4n) is 2.84. The van der Waals surface area contributed by atoms with Crippen molar-refractivity contribution in [1.82, 2.24) is 29.9 Å². The maximum absolute atomic E-state index is 5.42. The molecule has 0 saturated heterocycles. The number of fused-ring (bicyclic) bond motifs is 1. The van der Waals surface area contributed by atoms with Crippen molar-refractivity contribution in [2.45, 2.75) is 60.7 Å². The fraction of sp³-hybridized carbons (Fsp3) is 0.421. The first-order valence-corrected chi connectivity index (χ1v) is 12.3. The van der Waals surface area contributed by atoms with Gasteiger partial charge in [0.2, 0.25) is 5.89 Å². The number of thioether (sulfide) groups is 2. The van der Waals surface area contributed by atoms with E-state index in [4.69, 9.17) is 4.52 Å². The molecule has 1 atom stereocenters. The highest BCUT2D eigenvalue weighted by Crippen LogP contribution is 2.35. The highest BCUT2D eigenvalue weighted by Gasteiger charge is 2.20. The van der Waals surface area contributed by atoms with Crippen LogP contribution in [0.1, 0.15) is 50.0 Å². The highest BCUT2D eigenvalue weighted by molar-refractivity contribution is 8.00. The molecule has 152 valence electrons. The molecule has 0 spiro atoms. The third kappa shape index (κ3) is 4.65. The second-order valence-electron chi connectivity index (χ2n) is 6.44. The number of thiazole rings is 1. The van der Waals surface area contributed by atoms with Gasteiger partial charge < -0.3 is 9.09 Å². The Bertz CT molecular complexity index is 1060. The minimum absolute atomic E-state index is 0.0207. The lowest BCUT2D eigenvalue weighted by atomic mass is 10.3. The molecule has 10 heteroatoms. The van der Waals surface area contributed by atoms with Crippen LogP contribution in [0, 0.1) is 0 Å². The number of hydrogen-bond donors (Lipinski definition) is 0. The molecular formula is C19H22N6OS3. The number of nitrogens with zero attached hydrogens (tertiary/aromatic N) is 6. The third-order valence-electron chi connectivity index (χ3n) is 4.30. The molecule has 7 nitrogen and oxygen atoms in total. The van der Waals surface area contributed by atoms with Crippen molar-refractivity contribution < 1.29 is 4.52 Å². The van der Waals surface area contributed by atoms with Gasteiger partial charge in [0.05, 0.1) is 21.2 Å². The summed E-state index contributed by atoms with van der Waals surface area (Å²) in [5.74, 6) is 3.08. The average molecular weight is 447 g/mol. The zero-order valence-corrected chi connectivity index (χ0v) is 19.0. The Balaban J connectivity index is 1.44. The second kappa shape index (κ2) is 9.27. The van der Waals surface area contributed by atoms with Crippen LogP contribution in [0.2, 0.25) is 0 Å². The summed E-state index contributed by atoms with van der Waals surface area (Å²) in [6.07, 6.45) is 1.83. The van der Waals surface area contributed by atoms with Crippen molar-refractivity contribution in [2.75, 3.05) is 0 Å². The molecule has 0 saturated carbocycles. The molecule has 29 heavy (non-hydrogen) atoms. The smallest absolute Gasteiger partial charge is 0.239 e. The van der Waals surface area contributed by atoms with E-state index in [1.165, 1.54) is 4.70 Å². The Morgan fingerprint density at radius 2 is 2.03 bits per heavy atom. The summed E-state index contributed by atoms with van der Waals surface area (Å²) in [7, 11) is 0. The number of aryl methyl sites for hydroxylation is 1. The molecule has 0 aliphatic carbocycles. The van der Waals surface area contributed by atoms with Crippen LogP contribution in [0.4, 0.5) is 0 Å². The molecule has 0 aliphatic rings. The van der Waals surface area contributed by atoms with E-state index in [1.807, 2.05) is 18.2 Å². The highest BCUT2D eigenvalue weighted by atomic mass is 32.2. The first-order valence-electron chi connectivity index (χ1n) is 9.57. The van der Waals surface area contributed by atoms with Gasteiger partial charge in [-0.2, -0.15) is 4.98 Å². The number of rotatable bonds is 9. The summed E-state index contributed by atoms with van der Waals surface area (Å²) in [5, 5.41) is 13.8. The average Bonchev–Trinajstić information content (AvgIpc) is 3.44. The zero-order chi connectivity index (χ0) is 20.2. The van der Waals surface area contributed by atoms with Gasteiger partial charge in [-0.05, 0) is 32.4 Å². The van der Waals surface area contributed by atoms with E-state index in [-0.39, 0.29) is 5.25 Å². The molecule has 0 fully saturated rings. The Hall–Kier alpha value is -1.91. The summed E-state index contributed by atoms with van der Waals surface area (Å²) in [6, 6.07) is 8.21. The van der Waals surface area contributed by atoms with Crippen molar-refractivity contribution in [1.29, 1.82) is 0 Å². The lowest BCUT2D eigenvalue weighted by molar-refractivity contribution is 0.374. The molecule has 0 amide bonds. The molecule has 1 unspecified atom stereocenters. The molecular weight excluding hydrogens is 424 g/mol. The molecule has 3 heterocycles. The molecule has 3 aromatic heterocycles. The van der Waals surface area contributed by atoms with Gasteiger partial charge in [-0.1, -0.05) is 47.7 Å². The van der Waals surface area contributed by atoms with Gasteiger partial charge in [0.25, 0.3) is 0 Å². The fourth-order valence-corrected chi connectivity index (χ4v) is 5.81. The second-order valence-corrected chi connectivity index (χ2v) is 10.00. The molecule has 0 N–H and O–H groups in total. The van der Waals surface area contributed by atoms with E-state index in [1.54, 1.807) is 34.9 Å². The van der Waals surface area contributed by atoms with Gasteiger partial charge in [-0.25, -0.2) is 4.98 Å². The van der Waals surface area contributed by atoms with Crippen molar-refractivity contribution in [3.05, 3.63) is 41.8 Å². The lowest BCUT2D eigenvalue weighted by Gasteiger charge is -2.08. The van der Waals surface area contributed by atoms with Gasteiger partial charge >= 0.3 is 0 Å². The quantitative estimate of drug-likeness (QED) is 0.317. The van der Waals surface area contributed by atoms with Gasteiger partial charge in [0, 0.05) is 13.0 Å². The predicted octanol–water partition coefficient (Wildman–Crippen LogP) is 5.39. The van der Waals surface area contributed by atoms with E-state index >= 15 is 0 Å². The van der Waals surface area contributed by atoms with Gasteiger partial charge in [0.15, 0.2) is 15.3 Å². The van der Waals surface area contributed by atoms with Gasteiger partial charge in [0.1, 0.15) is 5.82 Å². The van der Waals surface area contributed by atoms with Crippen LogP contribution in [0.15, 0.2) is 38.3 Å². The summed E-state index contributed by atoms with van der Waals surface area (Å²) in [5.41, 5.74) is 1.05. The van der Waals surface area contributed by atoms with Crippen molar-refractivity contribution in [2.24, 2.45) is 0 Å². The van der Waals surface area contributed by atoms with Crippen LogP contribution in [0.5, 0.6) is 0 Å². The SMILES string of the molecule is CCCc1noc(C(C)Sc2nnc(CSc3nc4ccccc4s3)n2CC)n1. The minimum atomic E-state index is 0.0207. The van der Waals surface area contributed by atoms with E-state index in [0.29, 0.717) is 5.89 Å². The standard InChI is InChI=1S/C19H22N6OS3/c1-4-8-15-21-17(26-24-15)12(3)28-18-23-22-16(25(18)5-2)11-27-19-20-13-9-6-7-10-14(13)29-19/h6-7,9-10,12H,4-5,8,11H2,1-3H3. The first kappa shape index (κ1) is 20.4. The zero-order valence-electron chi connectivity index (χ0n) is 16.5. The van der Waals surface area contributed by atoms with Crippen LogP contribution >= 0.6 is 34.9 Å². The van der Waals surface area contributed by atoms with Crippen molar-refractivity contribution >= 4 is 45.1 Å². The number of hydrogen-bond acceptors (Lipinski definition) is 9. The Labute approximate surface area is 181 Å². The summed E-state index contributed by atoms with van der Waals surface area (Å²) in [4.78, 5) is 9.17. The van der Waals surface area contributed by atoms with Gasteiger partial charge in [-0.15, -0.1) is 21.5 Å². The molecule has 1 aromatic carbocycles. The Kier molecular flexibility index (Phi) is 6.51. The first-order chi connectivity index (χ1) is 14.2. The molecule has 0 radical (unpaired) electrons. The Morgan fingerprint density at radius 3 is 2.83 bits per heavy atom. The van der Waals surface area contributed by atoms with E-state index in [9.17, 15) is 0 Å². The monoisotopic (exact) mass is 446 g/mol. The van der Waals surface area contributed by atoms with Crippen LogP contribution in [0.25, 0.3) is 10.2 Å². The van der Waals surface area contributed by atoms with E-state index in [2.05, 4.69) is 56.7 Å². The third-order valence-corrected chi connectivity index (χ3v) is 7.54. The topological polar surface area (TPSA) is 82.5 Å². The largest absolute Gasteiger partial charge is 0.338 e. The van der Waals surface area contributed by atoms with Crippen molar-refractivity contribution in [3.8, 4) is 0 Å². The van der Waals surface area contributed by atoms with E-state index < -0.39 is 0 Å². The molecule has 0 aliphatic heterocycles. The molecule has 0 bridgehead atoms. The van der Waals surface area contributed by atoms with Crippen LogP contribution in [-0.4, -0.2) is 29.9 Å². The normalized spacial score (nSPS) is 12.7. The summed E-state index contributed by atoms with van der Waals surface area (Å²) in [6.45, 7) is 7.07. The van der Waals surface area contributed by atoms with E-state index in [0.717, 1.165) is 51.8 Å². The van der Waals surface area contributed by atoms with Crippen LogP contribution in [-0.2, 0) is 18.7 Å². The number of para-hydroxylation sites is 1. The van der Waals surface area contributed by atoms with Gasteiger partial charge in [-0.3, -0.25) is 0 Å². The predicted molar refractivity (Wildman–Crippen MR) is 117 cm³/mol. The van der Waals surface area contributed by atoms with Crippen molar-refractivity contribution in [3.63, 3.8) is 0 Å². The Morgan fingerprint density at radius 1 is 1.17 bits per heavy atom. The number of aromatic nitrogens is 6. The maximum Gasteiger partial charge on any atom is 0.239 e. The van der Waals surface area contributed by atoms with Crippen LogP contribution in [0.3, 0.4) is 0 Å². The summed E-state index contributed by atoms with van der Waals surface area (Å²) < 4.78 is 9.82. The lowest BCUT2D eigenvalue weighted by Crippen LogP contribution is -2.03. The minimum Gasteiger partial charge on any atom is -0.338 e. The van der Waals surface area contributed by atoms with Crippen LogP contribution < -0.4 is 0 Å². The number of benzene rings is 1. The summed E-state index contributed by atoms with van der Waals surface area (Å²) >= 11 is 5.01.